The van der Waals surface area contributed by atoms with Crippen molar-refractivity contribution in [2.75, 3.05) is 13.2 Å². The van der Waals surface area contributed by atoms with Crippen LogP contribution in [0.4, 0.5) is 0 Å². The van der Waals surface area contributed by atoms with Crippen molar-refractivity contribution in [1.29, 1.82) is 0 Å². The molecule has 0 bridgehead atoms. The van der Waals surface area contributed by atoms with Crippen molar-refractivity contribution in [3.05, 3.63) is 54.1 Å². The Morgan fingerprint density at radius 1 is 0.581 bits per heavy atom. The van der Waals surface area contributed by atoms with Gasteiger partial charge in [0.2, 0.25) is 0 Å². The highest BCUT2D eigenvalue weighted by Gasteiger charge is 2.06. The summed E-state index contributed by atoms with van der Waals surface area (Å²) in [4.78, 5) is 0. The van der Waals surface area contributed by atoms with Crippen LogP contribution in [-0.2, 0) is 4.74 Å². The van der Waals surface area contributed by atoms with Gasteiger partial charge in [0.05, 0.1) is 12.7 Å². The van der Waals surface area contributed by atoms with E-state index in [2.05, 4.69) is 69.3 Å². The van der Waals surface area contributed by atoms with E-state index >= 15 is 0 Å². The number of hydrogen-bond donors (Lipinski definition) is 0. The lowest BCUT2D eigenvalue weighted by atomic mass is 10.0. The Labute approximate surface area is 191 Å². The predicted octanol–water partition coefficient (Wildman–Crippen LogP) is 9.14. The first-order valence-electron chi connectivity index (χ1n) is 12.7. The normalized spacial score (nSPS) is 12.1. The molecule has 1 unspecified atom stereocenters. The van der Waals surface area contributed by atoms with Crippen molar-refractivity contribution in [1.82, 2.24) is 0 Å². The monoisotopic (exact) mass is 424 g/mol. The molecule has 0 heterocycles. The van der Waals surface area contributed by atoms with Gasteiger partial charge in [-0.1, -0.05) is 108 Å². The summed E-state index contributed by atoms with van der Waals surface area (Å²) in [6.07, 6.45) is 14.4. The maximum atomic E-state index is 5.96. The van der Waals surface area contributed by atoms with Gasteiger partial charge in [-0.05, 0) is 48.6 Å². The van der Waals surface area contributed by atoms with E-state index in [1.807, 2.05) is 0 Å². The molecule has 2 heteroatoms. The van der Waals surface area contributed by atoms with Crippen LogP contribution in [0, 0.1) is 0 Å². The summed E-state index contributed by atoms with van der Waals surface area (Å²) in [6.45, 7) is 8.29. The molecule has 2 aromatic carbocycles. The van der Waals surface area contributed by atoms with Gasteiger partial charge in [0.15, 0.2) is 0 Å². The summed E-state index contributed by atoms with van der Waals surface area (Å²) >= 11 is 0. The van der Waals surface area contributed by atoms with Crippen LogP contribution in [0.5, 0.6) is 5.75 Å². The molecule has 2 nitrogen and oxygen atoms in total. The third-order valence-corrected chi connectivity index (χ3v) is 5.95. The molecule has 0 aromatic heterocycles. The highest BCUT2D eigenvalue weighted by Crippen LogP contribution is 2.25. The fraction of sp³-hybridized carbons (Fsp3) is 0.586. The lowest BCUT2D eigenvalue weighted by molar-refractivity contribution is 0.0630. The summed E-state index contributed by atoms with van der Waals surface area (Å²) in [5, 5.41) is 0. The van der Waals surface area contributed by atoms with Gasteiger partial charge in [-0.15, -0.1) is 0 Å². The van der Waals surface area contributed by atoms with E-state index in [4.69, 9.17) is 9.47 Å². The fourth-order valence-corrected chi connectivity index (χ4v) is 3.82. The molecule has 0 aliphatic rings. The van der Waals surface area contributed by atoms with Crippen molar-refractivity contribution >= 4 is 0 Å². The molecular formula is C29H44O2. The molecule has 0 amide bonds. The second-order valence-corrected chi connectivity index (χ2v) is 8.69. The Hall–Kier alpha value is -1.80. The van der Waals surface area contributed by atoms with Crippen LogP contribution >= 0.6 is 0 Å². The van der Waals surface area contributed by atoms with Crippen LogP contribution in [0.3, 0.4) is 0 Å². The van der Waals surface area contributed by atoms with Crippen molar-refractivity contribution in [2.24, 2.45) is 0 Å². The van der Waals surface area contributed by atoms with E-state index in [1.165, 1.54) is 74.5 Å². The van der Waals surface area contributed by atoms with Gasteiger partial charge < -0.3 is 9.47 Å². The average Bonchev–Trinajstić information content (AvgIpc) is 2.81. The Bertz CT molecular complexity index is 675. The summed E-state index contributed by atoms with van der Waals surface area (Å²) < 4.78 is 11.9. The van der Waals surface area contributed by atoms with E-state index in [-0.39, 0.29) is 6.10 Å². The third kappa shape index (κ3) is 10.4. The Morgan fingerprint density at radius 3 is 1.68 bits per heavy atom. The van der Waals surface area contributed by atoms with Crippen LogP contribution < -0.4 is 4.74 Å². The third-order valence-electron chi connectivity index (χ3n) is 5.95. The predicted molar refractivity (Wildman–Crippen MR) is 134 cm³/mol. The smallest absolute Gasteiger partial charge is 0.119 e. The first-order chi connectivity index (χ1) is 15.2. The van der Waals surface area contributed by atoms with E-state index in [0.717, 1.165) is 31.8 Å². The average molecular weight is 425 g/mol. The summed E-state index contributed by atoms with van der Waals surface area (Å²) in [6, 6.07) is 17.3. The van der Waals surface area contributed by atoms with Gasteiger partial charge in [0.1, 0.15) is 5.75 Å². The molecule has 0 saturated heterocycles. The molecule has 0 spiro atoms. The minimum atomic E-state index is 0.151. The summed E-state index contributed by atoms with van der Waals surface area (Å²) in [7, 11) is 0. The van der Waals surface area contributed by atoms with Crippen LogP contribution in [0.25, 0.3) is 11.1 Å². The maximum Gasteiger partial charge on any atom is 0.119 e. The topological polar surface area (TPSA) is 18.5 Å². The Morgan fingerprint density at radius 2 is 1.06 bits per heavy atom. The van der Waals surface area contributed by atoms with E-state index in [1.54, 1.807) is 0 Å². The lowest BCUT2D eigenvalue weighted by Crippen LogP contribution is -2.01. The zero-order valence-electron chi connectivity index (χ0n) is 20.2. The second-order valence-electron chi connectivity index (χ2n) is 8.69. The summed E-state index contributed by atoms with van der Waals surface area (Å²) in [5.41, 5.74) is 3.70. The molecule has 31 heavy (non-hydrogen) atoms. The van der Waals surface area contributed by atoms with Gasteiger partial charge in [-0.2, -0.15) is 0 Å². The van der Waals surface area contributed by atoms with E-state index < -0.39 is 0 Å². The molecule has 0 aliphatic heterocycles. The minimum Gasteiger partial charge on any atom is -0.494 e. The number of benzene rings is 2. The number of rotatable bonds is 17. The van der Waals surface area contributed by atoms with E-state index in [9.17, 15) is 0 Å². The molecule has 0 N–H and O–H groups in total. The van der Waals surface area contributed by atoms with Crippen LogP contribution in [0.1, 0.15) is 103 Å². The van der Waals surface area contributed by atoms with Crippen LogP contribution in [-0.4, -0.2) is 13.2 Å². The molecular weight excluding hydrogens is 380 g/mol. The molecule has 0 fully saturated rings. The van der Waals surface area contributed by atoms with Crippen molar-refractivity contribution in [3.8, 4) is 16.9 Å². The zero-order valence-corrected chi connectivity index (χ0v) is 20.2. The maximum absolute atomic E-state index is 5.96. The highest BCUT2D eigenvalue weighted by molar-refractivity contribution is 5.64. The van der Waals surface area contributed by atoms with Crippen molar-refractivity contribution in [3.63, 3.8) is 0 Å². The molecule has 0 saturated carbocycles. The number of unbranched alkanes of at least 4 members (excludes halogenated alkanes) is 9. The van der Waals surface area contributed by atoms with Gasteiger partial charge in [-0.25, -0.2) is 0 Å². The van der Waals surface area contributed by atoms with Gasteiger partial charge in [0, 0.05) is 6.61 Å². The van der Waals surface area contributed by atoms with Crippen molar-refractivity contribution in [2.45, 2.75) is 97.5 Å². The first-order valence-corrected chi connectivity index (χ1v) is 12.7. The van der Waals surface area contributed by atoms with Crippen molar-refractivity contribution < 1.29 is 9.47 Å². The molecule has 2 rings (SSSR count). The minimum absolute atomic E-state index is 0.151. The molecule has 1 atom stereocenters. The summed E-state index contributed by atoms with van der Waals surface area (Å²) in [5.74, 6) is 0.970. The molecule has 172 valence electrons. The molecule has 0 radical (unpaired) electrons. The highest BCUT2D eigenvalue weighted by atomic mass is 16.5. The standard InChI is InChI=1S/C29H44O2/c1-4-6-8-9-10-11-12-14-24-31-29-21-19-28(20-22-29)27-17-15-26(16-18-27)25(3)30-23-13-7-5-2/h15-22,25H,4-14,23-24H2,1-3H3. The lowest BCUT2D eigenvalue weighted by Gasteiger charge is -2.14. The number of ether oxygens (including phenoxy) is 2. The Kier molecular flexibility index (Phi) is 13.1. The van der Waals surface area contributed by atoms with Gasteiger partial charge in [-0.3, -0.25) is 0 Å². The zero-order chi connectivity index (χ0) is 22.2. The van der Waals surface area contributed by atoms with Gasteiger partial charge in [0.25, 0.3) is 0 Å². The quantitative estimate of drug-likeness (QED) is 0.236. The largest absolute Gasteiger partial charge is 0.494 e. The molecule has 2 aromatic rings. The Balaban J connectivity index is 1.69. The second kappa shape index (κ2) is 15.9. The SMILES string of the molecule is CCCCCCCCCCOc1ccc(-c2ccc(C(C)OCCCCC)cc2)cc1. The fourth-order valence-electron chi connectivity index (χ4n) is 3.82. The van der Waals surface area contributed by atoms with Crippen LogP contribution in [0.15, 0.2) is 48.5 Å². The van der Waals surface area contributed by atoms with Gasteiger partial charge >= 0.3 is 0 Å². The first kappa shape index (κ1) is 25.5. The van der Waals surface area contributed by atoms with E-state index in [0.29, 0.717) is 0 Å². The molecule has 0 aliphatic carbocycles. The number of hydrogen-bond acceptors (Lipinski definition) is 2. The van der Waals surface area contributed by atoms with Crippen LogP contribution in [0.2, 0.25) is 0 Å².